The van der Waals surface area contributed by atoms with Gasteiger partial charge in [0.25, 0.3) is 5.56 Å². The number of fused-ring (bicyclic) bond motifs is 1. The molecule has 0 amide bonds. The SMILES string of the molecule is C=CCOC[C@H]1[C@@H](O)[C@H](n2cnc3c(=O)[nH]c(N)nc32)O[C@@H]1COP(=O)([O-])n1ccnc1.[Na+]. The molecule has 1 fully saturated rings. The van der Waals surface area contributed by atoms with E-state index in [1.54, 1.807) is 6.08 Å². The van der Waals surface area contributed by atoms with E-state index in [2.05, 4.69) is 26.5 Å². The van der Waals surface area contributed by atoms with Crippen molar-refractivity contribution >= 4 is 24.9 Å². The van der Waals surface area contributed by atoms with E-state index in [9.17, 15) is 19.4 Å². The van der Waals surface area contributed by atoms with Crippen LogP contribution in [0.3, 0.4) is 0 Å². The van der Waals surface area contributed by atoms with Crippen molar-refractivity contribution < 1.29 is 58.1 Å². The third kappa shape index (κ3) is 5.29. The summed E-state index contributed by atoms with van der Waals surface area (Å²) in [4.78, 5) is 38.5. The molecule has 4 N–H and O–H groups in total. The van der Waals surface area contributed by atoms with Crippen molar-refractivity contribution in [3.8, 4) is 0 Å². The average Bonchev–Trinajstić information content (AvgIpc) is 3.47. The Hall–Kier alpha value is -1.87. The van der Waals surface area contributed by atoms with Crippen LogP contribution in [0.4, 0.5) is 5.95 Å². The summed E-state index contributed by atoms with van der Waals surface area (Å²) < 4.78 is 31.1. The number of nitrogen functional groups attached to an aromatic ring is 1. The summed E-state index contributed by atoms with van der Waals surface area (Å²) in [5, 5.41) is 11.0. The van der Waals surface area contributed by atoms with Crippen molar-refractivity contribution in [2.24, 2.45) is 5.92 Å². The van der Waals surface area contributed by atoms with Crippen LogP contribution in [0.1, 0.15) is 6.23 Å². The number of aromatic nitrogens is 6. The molecule has 33 heavy (non-hydrogen) atoms. The predicted molar refractivity (Wildman–Crippen MR) is 108 cm³/mol. The maximum atomic E-state index is 12.3. The molecule has 0 radical (unpaired) electrons. The Kier molecular flexibility index (Phi) is 8.26. The fourth-order valence-electron chi connectivity index (χ4n) is 3.44. The van der Waals surface area contributed by atoms with Gasteiger partial charge in [-0.3, -0.25) is 23.2 Å². The number of aliphatic hydroxyl groups is 1. The van der Waals surface area contributed by atoms with Gasteiger partial charge < -0.3 is 29.7 Å². The van der Waals surface area contributed by atoms with Gasteiger partial charge in [0.05, 0.1) is 32.3 Å². The monoisotopic (exact) mass is 489 g/mol. The summed E-state index contributed by atoms with van der Waals surface area (Å²) in [6.45, 7) is 3.44. The molecule has 1 aliphatic heterocycles. The van der Waals surface area contributed by atoms with Crippen LogP contribution in [0.25, 0.3) is 11.2 Å². The van der Waals surface area contributed by atoms with E-state index < -0.39 is 44.3 Å². The van der Waals surface area contributed by atoms with Crippen LogP contribution >= 0.6 is 7.75 Å². The van der Waals surface area contributed by atoms with Gasteiger partial charge in [0, 0.05) is 18.3 Å². The van der Waals surface area contributed by atoms with E-state index in [1.165, 1.54) is 23.3 Å². The molecule has 1 saturated heterocycles. The summed E-state index contributed by atoms with van der Waals surface area (Å²) in [5.74, 6) is -0.797. The number of rotatable bonds is 9. The fraction of sp³-hybridized carbons (Fsp3) is 0.412. The first-order valence-electron chi connectivity index (χ1n) is 9.50. The number of nitrogens with two attached hydrogens (primary N) is 1. The molecule has 3 aromatic heterocycles. The average molecular weight is 489 g/mol. The van der Waals surface area contributed by atoms with Gasteiger partial charge in [0.1, 0.15) is 12.4 Å². The van der Waals surface area contributed by atoms with E-state index in [4.69, 9.17) is 19.7 Å². The molecule has 0 aliphatic carbocycles. The molecule has 5 atom stereocenters. The molecular weight excluding hydrogens is 468 g/mol. The molecule has 0 spiro atoms. The molecule has 172 valence electrons. The van der Waals surface area contributed by atoms with Crippen molar-refractivity contribution in [3.63, 3.8) is 0 Å². The first-order chi connectivity index (χ1) is 15.3. The van der Waals surface area contributed by atoms with Gasteiger partial charge in [-0.15, -0.1) is 6.58 Å². The molecule has 0 aromatic carbocycles. The van der Waals surface area contributed by atoms with Gasteiger partial charge in [0.15, 0.2) is 17.4 Å². The Labute approximate surface area is 209 Å². The summed E-state index contributed by atoms with van der Waals surface area (Å²) in [5.41, 5.74) is 5.20. The first kappa shape index (κ1) is 25.7. The number of imidazole rings is 2. The Balaban J connectivity index is 0.00000306. The molecule has 4 heterocycles. The number of aromatic amines is 1. The van der Waals surface area contributed by atoms with E-state index in [0.29, 0.717) is 0 Å². The minimum absolute atomic E-state index is 0. The molecule has 0 bridgehead atoms. The number of hydrogen-bond donors (Lipinski definition) is 3. The smallest absolute Gasteiger partial charge is 0.761 e. The molecule has 0 saturated carbocycles. The van der Waals surface area contributed by atoms with E-state index >= 15 is 0 Å². The van der Waals surface area contributed by atoms with Crippen LogP contribution < -0.4 is 45.7 Å². The zero-order valence-electron chi connectivity index (χ0n) is 17.7. The van der Waals surface area contributed by atoms with Crippen molar-refractivity contribution in [1.29, 1.82) is 0 Å². The molecule has 4 rings (SSSR count). The van der Waals surface area contributed by atoms with Crippen molar-refractivity contribution in [1.82, 2.24) is 28.8 Å². The van der Waals surface area contributed by atoms with Crippen LogP contribution in [0.15, 0.2) is 42.5 Å². The Morgan fingerprint density at radius 1 is 1.42 bits per heavy atom. The second kappa shape index (κ2) is 10.6. The number of nitrogens with zero attached hydrogens (tertiary/aromatic N) is 5. The number of H-pyrrole nitrogens is 1. The Morgan fingerprint density at radius 2 is 2.21 bits per heavy atom. The Morgan fingerprint density at radius 3 is 2.91 bits per heavy atom. The Bertz CT molecular complexity index is 1200. The summed E-state index contributed by atoms with van der Waals surface area (Å²) in [7, 11) is -4.47. The van der Waals surface area contributed by atoms with Gasteiger partial charge in [0.2, 0.25) is 13.7 Å². The van der Waals surface area contributed by atoms with Crippen LogP contribution in [0, 0.1) is 5.92 Å². The number of ether oxygens (including phenoxy) is 2. The minimum atomic E-state index is -4.47. The van der Waals surface area contributed by atoms with E-state index in [-0.39, 0.29) is 59.9 Å². The van der Waals surface area contributed by atoms with Crippen molar-refractivity contribution in [2.75, 3.05) is 25.6 Å². The predicted octanol–water partition coefficient (Wildman–Crippen LogP) is -3.99. The maximum Gasteiger partial charge on any atom is 1.00 e. The van der Waals surface area contributed by atoms with E-state index in [0.717, 1.165) is 10.7 Å². The summed E-state index contributed by atoms with van der Waals surface area (Å²) in [6.07, 6.45) is 3.38. The van der Waals surface area contributed by atoms with Gasteiger partial charge >= 0.3 is 29.6 Å². The van der Waals surface area contributed by atoms with Crippen molar-refractivity contribution in [3.05, 3.63) is 48.1 Å². The third-order valence-electron chi connectivity index (χ3n) is 4.97. The quantitative estimate of drug-likeness (QED) is 0.115. The summed E-state index contributed by atoms with van der Waals surface area (Å²) in [6, 6.07) is 0. The van der Waals surface area contributed by atoms with Crippen LogP contribution in [0.2, 0.25) is 0 Å². The maximum absolute atomic E-state index is 12.3. The topological polar surface area (TPSA) is 195 Å². The number of anilines is 1. The van der Waals surface area contributed by atoms with Crippen LogP contribution in [0.5, 0.6) is 0 Å². The minimum Gasteiger partial charge on any atom is -0.761 e. The normalized spacial score (nSPS) is 24.4. The molecule has 1 unspecified atom stereocenters. The number of hydrogen-bond acceptors (Lipinski definition) is 11. The van der Waals surface area contributed by atoms with E-state index in [1.807, 2.05) is 0 Å². The standard InChI is InChI=1S/C17H22N7O7P.Na/c1-2-5-29-6-10-11(7-30-32(27,28)23-4-3-19-8-23)31-16(13(10)25)24-9-20-12-14(24)21-17(18)22-15(12)26;/h2-4,8-11,13,16,25H,1,5-7H2,(H,27,28)(H3,18,21,22,26);/q;+1/p-1/t10-,11-,13-,16-;/m1./s1. The van der Waals surface area contributed by atoms with Gasteiger partial charge in [-0.2, -0.15) is 4.98 Å². The molecule has 16 heteroatoms. The zero-order chi connectivity index (χ0) is 22.9. The third-order valence-corrected chi connectivity index (χ3v) is 6.25. The molecular formula is C17H21N7NaO7P. The van der Waals surface area contributed by atoms with Gasteiger partial charge in [-0.25, -0.2) is 9.97 Å². The van der Waals surface area contributed by atoms with Crippen molar-refractivity contribution in [2.45, 2.75) is 18.4 Å². The van der Waals surface area contributed by atoms with Gasteiger partial charge in [-0.1, -0.05) is 6.08 Å². The molecule has 14 nitrogen and oxygen atoms in total. The largest absolute Gasteiger partial charge is 1.00 e. The second-order valence-electron chi connectivity index (χ2n) is 7.03. The fourth-order valence-corrected chi connectivity index (χ4v) is 4.32. The number of nitrogens with one attached hydrogen (secondary N) is 1. The zero-order valence-corrected chi connectivity index (χ0v) is 20.6. The first-order valence-corrected chi connectivity index (χ1v) is 11.0. The van der Waals surface area contributed by atoms with Crippen LogP contribution in [-0.2, 0) is 18.6 Å². The number of aliphatic hydroxyl groups excluding tert-OH is 1. The summed E-state index contributed by atoms with van der Waals surface area (Å²) >= 11 is 0. The second-order valence-corrected chi connectivity index (χ2v) is 8.69. The van der Waals surface area contributed by atoms with Crippen LogP contribution in [-0.4, -0.2) is 66.0 Å². The molecule has 3 aromatic rings. The van der Waals surface area contributed by atoms with Gasteiger partial charge in [-0.05, 0) is 0 Å². The molecule has 1 aliphatic rings.